The number of rotatable bonds is 7. The highest BCUT2D eigenvalue weighted by atomic mass is 19.1. The normalized spacial score (nSPS) is 16.2. The molecule has 0 bridgehead atoms. The second kappa shape index (κ2) is 8.97. The van der Waals surface area contributed by atoms with Crippen LogP contribution in [0.1, 0.15) is 17.3 Å². The number of para-hydroxylation sites is 2. The molecule has 1 atom stereocenters. The lowest BCUT2D eigenvalue weighted by Gasteiger charge is -2.37. The number of hydrogen-bond donors (Lipinski definition) is 1. The number of benzene rings is 2. The fourth-order valence-electron chi connectivity index (χ4n) is 3.30. The molecule has 0 saturated carbocycles. The van der Waals surface area contributed by atoms with Crippen molar-refractivity contribution in [2.45, 2.75) is 13.0 Å². The number of aliphatic hydroxyl groups is 1. The molecule has 0 aliphatic carbocycles. The van der Waals surface area contributed by atoms with Crippen LogP contribution < -0.4 is 9.64 Å². The van der Waals surface area contributed by atoms with Gasteiger partial charge in [0.2, 0.25) is 0 Å². The van der Waals surface area contributed by atoms with Crippen LogP contribution in [0, 0.1) is 5.82 Å². The molecule has 1 fully saturated rings. The van der Waals surface area contributed by atoms with Gasteiger partial charge in [0.1, 0.15) is 24.3 Å². The SMILES string of the molecule is CC(=O)c1ccccc1OC[C@H](O)CN1CCN(c2ccccc2F)CC1. The molecule has 0 radical (unpaired) electrons. The number of ether oxygens (including phenoxy) is 1. The van der Waals surface area contributed by atoms with Crippen LogP contribution in [-0.2, 0) is 0 Å². The van der Waals surface area contributed by atoms with Gasteiger partial charge in [-0.3, -0.25) is 9.69 Å². The summed E-state index contributed by atoms with van der Waals surface area (Å²) < 4.78 is 19.5. The number of anilines is 1. The molecule has 6 heteroatoms. The summed E-state index contributed by atoms with van der Waals surface area (Å²) in [5.41, 5.74) is 1.14. The minimum absolute atomic E-state index is 0.0654. The number of hydrogen-bond acceptors (Lipinski definition) is 5. The molecule has 0 aromatic heterocycles. The monoisotopic (exact) mass is 372 g/mol. The van der Waals surface area contributed by atoms with Gasteiger partial charge in [-0.1, -0.05) is 24.3 Å². The molecule has 2 aromatic rings. The van der Waals surface area contributed by atoms with Crippen LogP contribution in [0.2, 0.25) is 0 Å². The molecule has 0 unspecified atom stereocenters. The smallest absolute Gasteiger partial charge is 0.163 e. The first kappa shape index (κ1) is 19.3. The predicted molar refractivity (Wildman–Crippen MR) is 103 cm³/mol. The maximum absolute atomic E-state index is 13.9. The van der Waals surface area contributed by atoms with Crippen LogP contribution >= 0.6 is 0 Å². The van der Waals surface area contributed by atoms with Crippen LogP contribution in [0.25, 0.3) is 0 Å². The highest BCUT2D eigenvalue weighted by Gasteiger charge is 2.21. The quantitative estimate of drug-likeness (QED) is 0.757. The molecule has 1 saturated heterocycles. The van der Waals surface area contributed by atoms with Crippen LogP contribution in [-0.4, -0.2) is 61.2 Å². The fourth-order valence-corrected chi connectivity index (χ4v) is 3.30. The van der Waals surface area contributed by atoms with Gasteiger partial charge in [0.05, 0.1) is 11.3 Å². The summed E-state index contributed by atoms with van der Waals surface area (Å²) in [6, 6.07) is 13.8. The maximum atomic E-state index is 13.9. The Hall–Kier alpha value is -2.44. The highest BCUT2D eigenvalue weighted by molar-refractivity contribution is 5.96. The summed E-state index contributed by atoms with van der Waals surface area (Å²) in [5, 5.41) is 10.3. The Labute approximate surface area is 159 Å². The summed E-state index contributed by atoms with van der Waals surface area (Å²) in [4.78, 5) is 15.8. The van der Waals surface area contributed by atoms with Crippen molar-refractivity contribution in [1.82, 2.24) is 4.90 Å². The van der Waals surface area contributed by atoms with Gasteiger partial charge >= 0.3 is 0 Å². The number of Topliss-reactive ketones (excluding diaryl/α,β-unsaturated/α-hetero) is 1. The minimum atomic E-state index is -0.662. The number of piperazine rings is 1. The zero-order chi connectivity index (χ0) is 19.2. The lowest BCUT2D eigenvalue weighted by molar-refractivity contribution is 0.0656. The Morgan fingerprint density at radius 1 is 1.11 bits per heavy atom. The average Bonchev–Trinajstić information content (AvgIpc) is 2.68. The van der Waals surface area contributed by atoms with Crippen molar-refractivity contribution in [2.75, 3.05) is 44.2 Å². The molecule has 1 N–H and O–H groups in total. The zero-order valence-electron chi connectivity index (χ0n) is 15.5. The summed E-state index contributed by atoms with van der Waals surface area (Å²) >= 11 is 0. The molecule has 0 spiro atoms. The molecule has 3 rings (SSSR count). The van der Waals surface area contributed by atoms with Crippen molar-refractivity contribution >= 4 is 11.5 Å². The van der Waals surface area contributed by atoms with E-state index in [1.165, 1.54) is 13.0 Å². The molecule has 1 aliphatic rings. The van der Waals surface area contributed by atoms with Gasteiger partial charge in [0, 0.05) is 32.7 Å². The van der Waals surface area contributed by atoms with Crippen LogP contribution in [0.3, 0.4) is 0 Å². The van der Waals surface area contributed by atoms with E-state index in [1.54, 1.807) is 36.4 Å². The van der Waals surface area contributed by atoms with E-state index in [4.69, 9.17) is 4.74 Å². The minimum Gasteiger partial charge on any atom is -0.490 e. The summed E-state index contributed by atoms with van der Waals surface area (Å²) in [6.07, 6.45) is -0.662. The van der Waals surface area contributed by atoms with E-state index in [9.17, 15) is 14.3 Å². The molecule has 27 heavy (non-hydrogen) atoms. The molecule has 2 aromatic carbocycles. The number of carbonyl (C=O) groups excluding carboxylic acids is 1. The second-order valence-corrected chi connectivity index (χ2v) is 6.76. The standard InChI is InChI=1S/C21H25FN2O3/c1-16(25)18-6-2-5-9-21(18)27-15-17(26)14-23-10-12-24(13-11-23)20-8-4-3-7-19(20)22/h2-9,17,26H,10-15H2,1H3/t17-/m1/s1. The van der Waals surface area contributed by atoms with Gasteiger partial charge in [0.15, 0.2) is 5.78 Å². The summed E-state index contributed by atoms with van der Waals surface area (Å²) in [7, 11) is 0. The van der Waals surface area contributed by atoms with Crippen LogP contribution in [0.5, 0.6) is 5.75 Å². The molecule has 1 heterocycles. The Kier molecular flexibility index (Phi) is 6.42. The van der Waals surface area contributed by atoms with Crippen molar-refractivity contribution in [3.05, 3.63) is 59.9 Å². The van der Waals surface area contributed by atoms with Gasteiger partial charge in [-0.2, -0.15) is 0 Å². The Balaban J connectivity index is 1.47. The third-order valence-electron chi connectivity index (χ3n) is 4.73. The summed E-state index contributed by atoms with van der Waals surface area (Å²) in [5.74, 6) is 0.223. The van der Waals surface area contributed by atoms with Crippen molar-refractivity contribution in [2.24, 2.45) is 0 Å². The third-order valence-corrected chi connectivity index (χ3v) is 4.73. The molecular formula is C21H25FN2O3. The number of halogens is 1. The Morgan fingerprint density at radius 3 is 2.48 bits per heavy atom. The number of carbonyl (C=O) groups is 1. The lowest BCUT2D eigenvalue weighted by Crippen LogP contribution is -2.49. The van der Waals surface area contributed by atoms with Crippen molar-refractivity contribution in [3.63, 3.8) is 0 Å². The molecule has 5 nitrogen and oxygen atoms in total. The lowest BCUT2D eigenvalue weighted by atomic mass is 10.1. The highest BCUT2D eigenvalue weighted by Crippen LogP contribution is 2.21. The van der Waals surface area contributed by atoms with Gasteiger partial charge in [-0.05, 0) is 31.2 Å². The Bertz CT molecular complexity index is 776. The van der Waals surface area contributed by atoms with Crippen LogP contribution in [0.15, 0.2) is 48.5 Å². The second-order valence-electron chi connectivity index (χ2n) is 6.76. The van der Waals surface area contributed by atoms with Crippen molar-refractivity contribution < 1.29 is 19.0 Å². The van der Waals surface area contributed by atoms with Gasteiger partial charge < -0.3 is 14.7 Å². The third kappa shape index (κ3) is 5.05. The topological polar surface area (TPSA) is 53.0 Å². The van der Waals surface area contributed by atoms with Crippen molar-refractivity contribution in [1.29, 1.82) is 0 Å². The molecule has 144 valence electrons. The van der Waals surface area contributed by atoms with E-state index in [-0.39, 0.29) is 18.2 Å². The van der Waals surface area contributed by atoms with E-state index in [0.717, 1.165) is 13.1 Å². The number of aliphatic hydroxyl groups excluding tert-OH is 1. The van der Waals surface area contributed by atoms with Gasteiger partial charge in [-0.15, -0.1) is 0 Å². The zero-order valence-corrected chi connectivity index (χ0v) is 15.5. The largest absolute Gasteiger partial charge is 0.490 e. The van der Waals surface area contributed by atoms with E-state index >= 15 is 0 Å². The number of nitrogens with zero attached hydrogens (tertiary/aromatic N) is 2. The van der Waals surface area contributed by atoms with Gasteiger partial charge in [-0.25, -0.2) is 4.39 Å². The fraction of sp³-hybridized carbons (Fsp3) is 0.381. The maximum Gasteiger partial charge on any atom is 0.163 e. The summed E-state index contributed by atoms with van der Waals surface area (Å²) in [6.45, 7) is 5.01. The first-order valence-corrected chi connectivity index (χ1v) is 9.17. The molecule has 0 amide bonds. The molecular weight excluding hydrogens is 347 g/mol. The first-order valence-electron chi connectivity index (χ1n) is 9.17. The van der Waals surface area contributed by atoms with E-state index in [1.807, 2.05) is 11.0 Å². The van der Waals surface area contributed by atoms with E-state index < -0.39 is 6.10 Å². The first-order chi connectivity index (χ1) is 13.0. The average molecular weight is 372 g/mol. The Morgan fingerprint density at radius 2 is 1.78 bits per heavy atom. The molecule has 1 aliphatic heterocycles. The predicted octanol–water partition coefficient (Wildman–Crippen LogP) is 2.59. The van der Waals surface area contributed by atoms with E-state index in [0.29, 0.717) is 36.6 Å². The van der Waals surface area contributed by atoms with E-state index in [2.05, 4.69) is 4.90 Å². The number of β-amino-alcohol motifs (C(OH)–C–C–N with tert-alkyl or cyclic N) is 1. The van der Waals surface area contributed by atoms with Crippen LogP contribution in [0.4, 0.5) is 10.1 Å². The van der Waals surface area contributed by atoms with Crippen molar-refractivity contribution in [3.8, 4) is 5.75 Å². The number of ketones is 1. The van der Waals surface area contributed by atoms with Gasteiger partial charge in [0.25, 0.3) is 0 Å².